The SMILES string of the molecule is CC(C)Cc1cccc2nc(N)c3nc[nH]c3c12. The summed E-state index contributed by atoms with van der Waals surface area (Å²) in [5, 5.41) is 1.15. The zero-order chi connectivity index (χ0) is 12.7. The van der Waals surface area contributed by atoms with Gasteiger partial charge in [-0.3, -0.25) is 0 Å². The maximum atomic E-state index is 5.92. The number of imidazole rings is 1. The lowest BCUT2D eigenvalue weighted by molar-refractivity contribution is 0.650. The minimum Gasteiger partial charge on any atom is -0.382 e. The number of benzene rings is 1. The average molecular weight is 240 g/mol. The molecule has 4 heteroatoms. The Hall–Kier alpha value is -2.10. The maximum Gasteiger partial charge on any atom is 0.152 e. The van der Waals surface area contributed by atoms with E-state index < -0.39 is 0 Å². The van der Waals surface area contributed by atoms with Crippen molar-refractivity contribution in [2.45, 2.75) is 20.3 Å². The molecule has 0 saturated carbocycles. The summed E-state index contributed by atoms with van der Waals surface area (Å²) in [7, 11) is 0. The fourth-order valence-corrected chi connectivity index (χ4v) is 2.44. The number of nitrogens with zero attached hydrogens (tertiary/aromatic N) is 2. The molecule has 0 unspecified atom stereocenters. The first kappa shape index (κ1) is 11.0. The van der Waals surface area contributed by atoms with Gasteiger partial charge in [0.2, 0.25) is 0 Å². The molecule has 0 saturated heterocycles. The third kappa shape index (κ3) is 1.61. The number of anilines is 1. The number of aromatic nitrogens is 3. The molecule has 3 N–H and O–H groups in total. The van der Waals surface area contributed by atoms with E-state index in [0.717, 1.165) is 28.4 Å². The summed E-state index contributed by atoms with van der Waals surface area (Å²) in [6, 6.07) is 6.19. The minimum absolute atomic E-state index is 0.487. The summed E-state index contributed by atoms with van der Waals surface area (Å²) in [5.41, 5.74) is 9.91. The Morgan fingerprint density at radius 3 is 2.94 bits per heavy atom. The molecule has 0 aliphatic rings. The van der Waals surface area contributed by atoms with Crippen molar-refractivity contribution >= 4 is 27.8 Å². The molecule has 0 aliphatic heterocycles. The summed E-state index contributed by atoms with van der Waals surface area (Å²) < 4.78 is 0. The fourth-order valence-electron chi connectivity index (χ4n) is 2.44. The van der Waals surface area contributed by atoms with E-state index in [1.165, 1.54) is 5.56 Å². The lowest BCUT2D eigenvalue weighted by Gasteiger charge is -2.10. The number of pyridine rings is 1. The zero-order valence-electron chi connectivity index (χ0n) is 10.6. The fraction of sp³-hybridized carbons (Fsp3) is 0.286. The number of nitrogens with two attached hydrogens (primary N) is 1. The number of hydrogen-bond donors (Lipinski definition) is 2. The van der Waals surface area contributed by atoms with Crippen LogP contribution in [0.25, 0.3) is 21.9 Å². The molecular formula is C14H16N4. The smallest absolute Gasteiger partial charge is 0.152 e. The Morgan fingerprint density at radius 2 is 2.17 bits per heavy atom. The van der Waals surface area contributed by atoms with Gasteiger partial charge in [-0.15, -0.1) is 0 Å². The van der Waals surface area contributed by atoms with E-state index in [4.69, 9.17) is 5.73 Å². The van der Waals surface area contributed by atoms with Crippen LogP contribution in [0.3, 0.4) is 0 Å². The molecule has 0 spiro atoms. The van der Waals surface area contributed by atoms with Crippen molar-refractivity contribution in [2.75, 3.05) is 5.73 Å². The second kappa shape index (κ2) is 3.98. The number of fused-ring (bicyclic) bond motifs is 3. The number of H-pyrrole nitrogens is 1. The molecule has 92 valence electrons. The normalized spacial score (nSPS) is 11.7. The van der Waals surface area contributed by atoms with Crippen molar-refractivity contribution in [1.82, 2.24) is 15.0 Å². The number of hydrogen-bond acceptors (Lipinski definition) is 3. The molecule has 1 aromatic carbocycles. The van der Waals surface area contributed by atoms with Crippen molar-refractivity contribution < 1.29 is 0 Å². The highest BCUT2D eigenvalue weighted by Crippen LogP contribution is 2.29. The number of nitrogen functional groups attached to an aromatic ring is 1. The van der Waals surface area contributed by atoms with Crippen LogP contribution in [0.5, 0.6) is 0 Å². The van der Waals surface area contributed by atoms with Crippen molar-refractivity contribution in [3.63, 3.8) is 0 Å². The second-order valence-corrected chi connectivity index (χ2v) is 5.03. The molecule has 18 heavy (non-hydrogen) atoms. The van der Waals surface area contributed by atoms with E-state index in [-0.39, 0.29) is 0 Å². The number of rotatable bonds is 2. The largest absolute Gasteiger partial charge is 0.382 e. The topological polar surface area (TPSA) is 67.6 Å². The molecule has 0 atom stereocenters. The minimum atomic E-state index is 0.487. The lowest BCUT2D eigenvalue weighted by atomic mass is 9.98. The Morgan fingerprint density at radius 1 is 1.33 bits per heavy atom. The van der Waals surface area contributed by atoms with Gasteiger partial charge in [-0.2, -0.15) is 0 Å². The third-order valence-corrected chi connectivity index (χ3v) is 3.13. The predicted molar refractivity (Wildman–Crippen MR) is 74.3 cm³/mol. The zero-order valence-corrected chi connectivity index (χ0v) is 10.6. The predicted octanol–water partition coefficient (Wildman–Crippen LogP) is 2.89. The van der Waals surface area contributed by atoms with Gasteiger partial charge in [-0.25, -0.2) is 9.97 Å². The van der Waals surface area contributed by atoms with Crippen molar-refractivity contribution in [3.8, 4) is 0 Å². The summed E-state index contributed by atoms with van der Waals surface area (Å²) in [5.74, 6) is 1.09. The highest BCUT2D eigenvalue weighted by atomic mass is 14.9. The highest BCUT2D eigenvalue weighted by molar-refractivity contribution is 6.07. The molecule has 2 heterocycles. The number of aromatic amines is 1. The van der Waals surface area contributed by atoms with Gasteiger partial charge in [-0.1, -0.05) is 26.0 Å². The van der Waals surface area contributed by atoms with Gasteiger partial charge in [0.15, 0.2) is 5.82 Å². The van der Waals surface area contributed by atoms with E-state index in [9.17, 15) is 0 Å². The molecule has 2 aromatic heterocycles. The van der Waals surface area contributed by atoms with Crippen molar-refractivity contribution in [2.24, 2.45) is 5.92 Å². The van der Waals surface area contributed by atoms with Crippen LogP contribution >= 0.6 is 0 Å². The molecule has 0 aliphatic carbocycles. The van der Waals surface area contributed by atoms with Crippen LogP contribution in [0.4, 0.5) is 5.82 Å². The van der Waals surface area contributed by atoms with Gasteiger partial charge in [0.25, 0.3) is 0 Å². The molecule has 3 aromatic rings. The van der Waals surface area contributed by atoms with Gasteiger partial charge in [0, 0.05) is 5.39 Å². The van der Waals surface area contributed by atoms with Crippen molar-refractivity contribution in [1.29, 1.82) is 0 Å². The van der Waals surface area contributed by atoms with E-state index in [2.05, 4.69) is 34.9 Å². The molecule has 0 bridgehead atoms. The summed E-state index contributed by atoms with van der Waals surface area (Å²) >= 11 is 0. The molecular weight excluding hydrogens is 224 g/mol. The van der Waals surface area contributed by atoms with Gasteiger partial charge in [0.1, 0.15) is 5.52 Å². The Labute approximate surface area is 105 Å². The van der Waals surface area contributed by atoms with Crippen LogP contribution in [0.15, 0.2) is 24.5 Å². The van der Waals surface area contributed by atoms with Gasteiger partial charge >= 0.3 is 0 Å². The van der Waals surface area contributed by atoms with E-state index in [0.29, 0.717) is 11.7 Å². The quantitative estimate of drug-likeness (QED) is 0.723. The maximum absolute atomic E-state index is 5.92. The standard InChI is InChI=1S/C14H16N4/c1-8(2)6-9-4-3-5-10-11(9)12-13(14(15)18-10)17-7-16-12/h3-5,7-8H,6H2,1-2H3,(H2,15,18)(H,16,17). The van der Waals surface area contributed by atoms with Gasteiger partial charge in [0.05, 0.1) is 17.4 Å². The Balaban J connectivity index is 2.41. The van der Waals surface area contributed by atoms with Crippen LogP contribution in [-0.4, -0.2) is 15.0 Å². The first-order valence-electron chi connectivity index (χ1n) is 6.17. The van der Waals surface area contributed by atoms with E-state index >= 15 is 0 Å². The van der Waals surface area contributed by atoms with E-state index in [1.807, 2.05) is 12.1 Å². The lowest BCUT2D eigenvalue weighted by Crippen LogP contribution is -1.98. The highest BCUT2D eigenvalue weighted by Gasteiger charge is 2.12. The van der Waals surface area contributed by atoms with Crippen LogP contribution < -0.4 is 5.73 Å². The second-order valence-electron chi connectivity index (χ2n) is 5.03. The monoisotopic (exact) mass is 240 g/mol. The Bertz CT molecular complexity index is 712. The van der Waals surface area contributed by atoms with E-state index in [1.54, 1.807) is 6.33 Å². The molecule has 0 fully saturated rings. The summed E-state index contributed by atoms with van der Waals surface area (Å²) in [6.45, 7) is 4.43. The first-order chi connectivity index (χ1) is 8.66. The summed E-state index contributed by atoms with van der Waals surface area (Å²) in [6.07, 6.45) is 2.70. The molecule has 3 rings (SSSR count). The van der Waals surface area contributed by atoms with Crippen LogP contribution in [0.1, 0.15) is 19.4 Å². The molecule has 0 amide bonds. The van der Waals surface area contributed by atoms with Crippen LogP contribution in [-0.2, 0) is 6.42 Å². The van der Waals surface area contributed by atoms with Crippen molar-refractivity contribution in [3.05, 3.63) is 30.1 Å². The summed E-state index contributed by atoms with van der Waals surface area (Å²) in [4.78, 5) is 11.9. The molecule has 4 nitrogen and oxygen atoms in total. The van der Waals surface area contributed by atoms with Gasteiger partial charge in [-0.05, 0) is 24.0 Å². The third-order valence-electron chi connectivity index (χ3n) is 3.13. The number of nitrogens with one attached hydrogen (secondary N) is 1. The Kier molecular flexibility index (Phi) is 2.44. The van der Waals surface area contributed by atoms with Crippen LogP contribution in [0.2, 0.25) is 0 Å². The van der Waals surface area contributed by atoms with Gasteiger partial charge < -0.3 is 10.7 Å². The average Bonchev–Trinajstić information content (AvgIpc) is 2.77. The molecule has 0 radical (unpaired) electrons. The first-order valence-corrected chi connectivity index (χ1v) is 6.17. The van der Waals surface area contributed by atoms with Crippen LogP contribution in [0, 0.1) is 5.92 Å².